The number of hydrogen-bond acceptors (Lipinski definition) is 4. The molecule has 0 aliphatic heterocycles. The van der Waals surface area contributed by atoms with Gasteiger partial charge in [-0.2, -0.15) is 18.4 Å². The van der Waals surface area contributed by atoms with Crippen molar-refractivity contribution < 1.29 is 22.3 Å². The van der Waals surface area contributed by atoms with E-state index in [0.29, 0.717) is 0 Å². The highest BCUT2D eigenvalue weighted by Gasteiger charge is 2.33. The molecule has 3 rings (SSSR count). The first-order chi connectivity index (χ1) is 14.2. The van der Waals surface area contributed by atoms with E-state index in [1.807, 2.05) is 13.8 Å². The van der Waals surface area contributed by atoms with Gasteiger partial charge in [0.1, 0.15) is 29.1 Å². The van der Waals surface area contributed by atoms with Gasteiger partial charge in [-0.15, -0.1) is 0 Å². The molecule has 0 aliphatic carbocycles. The van der Waals surface area contributed by atoms with Crippen LogP contribution in [0.3, 0.4) is 0 Å². The van der Waals surface area contributed by atoms with Crippen molar-refractivity contribution in [2.45, 2.75) is 20.0 Å². The second kappa shape index (κ2) is 9.09. The predicted molar refractivity (Wildman–Crippen MR) is 100 cm³/mol. The lowest BCUT2D eigenvalue weighted by Gasteiger charge is -2.12. The lowest BCUT2D eigenvalue weighted by Crippen LogP contribution is -2.36. The maximum atomic E-state index is 14.4. The molecular weight excluding hydrogens is 406 g/mol. The third-order valence-corrected chi connectivity index (χ3v) is 3.62. The number of benzene rings is 2. The van der Waals surface area contributed by atoms with E-state index in [9.17, 15) is 27.2 Å². The van der Waals surface area contributed by atoms with Gasteiger partial charge >= 0.3 is 11.9 Å². The van der Waals surface area contributed by atoms with Crippen molar-refractivity contribution in [1.82, 2.24) is 9.55 Å². The van der Waals surface area contributed by atoms with E-state index < -0.39 is 34.6 Å². The Kier molecular flexibility index (Phi) is 6.79. The molecule has 0 amide bonds. The van der Waals surface area contributed by atoms with Gasteiger partial charge in [-0.3, -0.25) is 4.79 Å². The number of aromatic amines is 1. The molecule has 0 aliphatic rings. The summed E-state index contributed by atoms with van der Waals surface area (Å²) < 4.78 is 58.2. The van der Waals surface area contributed by atoms with Crippen LogP contribution in [-0.2, 0) is 6.18 Å². The fourth-order valence-electron chi connectivity index (χ4n) is 2.38. The number of aromatic nitrogens is 2. The van der Waals surface area contributed by atoms with E-state index in [0.717, 1.165) is 12.1 Å². The fourth-order valence-corrected chi connectivity index (χ4v) is 2.38. The number of hydrogen-bond donors (Lipinski definition) is 1. The van der Waals surface area contributed by atoms with Gasteiger partial charge in [-0.25, -0.2) is 13.8 Å². The minimum atomic E-state index is -4.96. The first kappa shape index (κ1) is 22.4. The topological polar surface area (TPSA) is 87.9 Å². The molecule has 3 aromatic rings. The molecule has 0 spiro atoms. The Morgan fingerprint density at radius 1 is 1.07 bits per heavy atom. The van der Waals surface area contributed by atoms with Crippen molar-refractivity contribution >= 4 is 0 Å². The molecule has 10 heteroatoms. The zero-order valence-corrected chi connectivity index (χ0v) is 15.7. The Balaban J connectivity index is 0.00000155. The summed E-state index contributed by atoms with van der Waals surface area (Å²) in [5.74, 6) is -1.06. The van der Waals surface area contributed by atoms with E-state index in [-0.39, 0.29) is 27.7 Å². The Morgan fingerprint density at radius 2 is 1.70 bits per heavy atom. The molecule has 1 aromatic heterocycles. The smallest absolute Gasteiger partial charge is 0.431 e. The molecule has 0 saturated heterocycles. The number of ether oxygens (including phenoxy) is 1. The number of nitriles is 1. The third kappa shape index (κ3) is 4.75. The standard InChI is InChI=1S/C18H9F4N3O3.C2H6/c19-12-6-10(9-23)14(28-11-4-2-1-3-5-11)7-13(12)25-16(26)8-15(18(20,21)22)24-17(25)27;1-2/h1-8H,(H,24,27);1-2H3. The zero-order valence-electron chi connectivity index (χ0n) is 15.7. The van der Waals surface area contributed by atoms with Crippen LogP contribution in [0.2, 0.25) is 0 Å². The zero-order chi connectivity index (χ0) is 22.5. The maximum Gasteiger partial charge on any atom is 0.431 e. The SMILES string of the molecule is CC.N#Cc1cc(F)c(-n2c(=O)cc(C(F)(F)F)[nH]c2=O)cc1Oc1ccccc1. The highest BCUT2D eigenvalue weighted by atomic mass is 19.4. The molecule has 0 radical (unpaired) electrons. The van der Waals surface area contributed by atoms with Crippen LogP contribution in [0.25, 0.3) is 5.69 Å². The van der Waals surface area contributed by atoms with Crippen molar-refractivity contribution in [2.24, 2.45) is 0 Å². The Bertz CT molecular complexity index is 1160. The summed E-state index contributed by atoms with van der Waals surface area (Å²) in [6.45, 7) is 4.00. The molecule has 0 saturated carbocycles. The number of alkyl halides is 3. The average molecular weight is 421 g/mol. The Hall–Kier alpha value is -3.87. The van der Waals surface area contributed by atoms with Gasteiger partial charge in [0.2, 0.25) is 0 Å². The van der Waals surface area contributed by atoms with Crippen LogP contribution >= 0.6 is 0 Å². The minimum absolute atomic E-state index is 0.136. The normalized spacial score (nSPS) is 10.6. The monoisotopic (exact) mass is 421 g/mol. The summed E-state index contributed by atoms with van der Waals surface area (Å²) in [5, 5.41) is 9.16. The van der Waals surface area contributed by atoms with Crippen LogP contribution in [0.15, 0.2) is 58.1 Å². The number of para-hydroxylation sites is 1. The third-order valence-electron chi connectivity index (χ3n) is 3.62. The molecule has 6 nitrogen and oxygen atoms in total. The van der Waals surface area contributed by atoms with Crippen LogP contribution in [0.4, 0.5) is 17.6 Å². The molecule has 30 heavy (non-hydrogen) atoms. The van der Waals surface area contributed by atoms with Crippen molar-refractivity contribution in [2.75, 3.05) is 0 Å². The number of halogens is 4. The summed E-state index contributed by atoms with van der Waals surface area (Å²) in [6, 6.07) is 11.5. The van der Waals surface area contributed by atoms with Crippen molar-refractivity contribution in [3.63, 3.8) is 0 Å². The lowest BCUT2D eigenvalue weighted by molar-refractivity contribution is -0.141. The number of H-pyrrole nitrogens is 1. The van der Waals surface area contributed by atoms with Crippen molar-refractivity contribution in [1.29, 1.82) is 5.26 Å². The molecule has 0 atom stereocenters. The fraction of sp³-hybridized carbons (Fsp3) is 0.150. The lowest BCUT2D eigenvalue weighted by atomic mass is 10.1. The molecule has 1 heterocycles. The molecule has 0 fully saturated rings. The summed E-state index contributed by atoms with van der Waals surface area (Å²) in [4.78, 5) is 25.6. The van der Waals surface area contributed by atoms with E-state index in [1.165, 1.54) is 4.98 Å². The summed E-state index contributed by atoms with van der Waals surface area (Å²) >= 11 is 0. The molecule has 0 unspecified atom stereocenters. The van der Waals surface area contributed by atoms with Crippen LogP contribution in [0.5, 0.6) is 11.5 Å². The van der Waals surface area contributed by atoms with Gasteiger partial charge in [0.15, 0.2) is 0 Å². The highest BCUT2D eigenvalue weighted by molar-refractivity contribution is 5.52. The first-order valence-electron chi connectivity index (χ1n) is 8.61. The van der Waals surface area contributed by atoms with E-state index >= 15 is 0 Å². The van der Waals surface area contributed by atoms with Crippen molar-refractivity contribution in [3.8, 4) is 23.3 Å². The minimum Gasteiger partial charge on any atom is -0.456 e. The van der Waals surface area contributed by atoms with Crippen LogP contribution in [-0.4, -0.2) is 9.55 Å². The van der Waals surface area contributed by atoms with Gasteiger partial charge in [0.05, 0.1) is 11.3 Å². The number of nitrogens with zero attached hydrogens (tertiary/aromatic N) is 2. The van der Waals surface area contributed by atoms with E-state index in [1.54, 1.807) is 36.4 Å². The Labute approximate surface area is 167 Å². The highest BCUT2D eigenvalue weighted by Crippen LogP contribution is 2.29. The summed E-state index contributed by atoms with van der Waals surface area (Å²) in [7, 11) is 0. The maximum absolute atomic E-state index is 14.4. The molecule has 1 N–H and O–H groups in total. The second-order valence-electron chi connectivity index (χ2n) is 5.49. The van der Waals surface area contributed by atoms with Crippen LogP contribution in [0.1, 0.15) is 25.1 Å². The Morgan fingerprint density at radius 3 is 2.23 bits per heavy atom. The quantitative estimate of drug-likeness (QED) is 0.636. The summed E-state index contributed by atoms with van der Waals surface area (Å²) in [5.41, 5.74) is -5.35. The molecular formula is C20H15F4N3O3. The number of nitrogens with one attached hydrogen (secondary N) is 1. The van der Waals surface area contributed by atoms with E-state index in [2.05, 4.69) is 0 Å². The van der Waals surface area contributed by atoms with Crippen LogP contribution in [0, 0.1) is 17.1 Å². The van der Waals surface area contributed by atoms with Gasteiger partial charge < -0.3 is 9.72 Å². The van der Waals surface area contributed by atoms with Gasteiger partial charge in [-0.05, 0) is 18.2 Å². The van der Waals surface area contributed by atoms with E-state index in [4.69, 9.17) is 10.00 Å². The molecule has 2 aromatic carbocycles. The van der Waals surface area contributed by atoms with Gasteiger partial charge in [-0.1, -0.05) is 32.0 Å². The first-order valence-corrected chi connectivity index (χ1v) is 8.61. The largest absolute Gasteiger partial charge is 0.456 e. The predicted octanol–water partition coefficient (Wildman–Crippen LogP) is 4.37. The van der Waals surface area contributed by atoms with Gasteiger partial charge in [0.25, 0.3) is 5.56 Å². The van der Waals surface area contributed by atoms with Gasteiger partial charge in [0, 0.05) is 12.1 Å². The number of rotatable bonds is 3. The second-order valence-corrected chi connectivity index (χ2v) is 5.49. The summed E-state index contributed by atoms with van der Waals surface area (Å²) in [6.07, 6.45) is -4.96. The molecule has 156 valence electrons. The average Bonchev–Trinajstić information content (AvgIpc) is 2.71. The van der Waals surface area contributed by atoms with Crippen molar-refractivity contribution in [3.05, 3.63) is 86.4 Å². The molecule has 0 bridgehead atoms. The van der Waals surface area contributed by atoms with Crippen LogP contribution < -0.4 is 16.0 Å².